The molecule has 0 bridgehead atoms. The van der Waals surface area contributed by atoms with Gasteiger partial charge in [0.1, 0.15) is 0 Å². The topological polar surface area (TPSA) is 61.4 Å². The first-order valence-electron chi connectivity index (χ1n) is 7.82. The van der Waals surface area contributed by atoms with Gasteiger partial charge >= 0.3 is 0 Å². The van der Waals surface area contributed by atoms with Crippen LogP contribution in [0.4, 0.5) is 0 Å². The van der Waals surface area contributed by atoms with Gasteiger partial charge in [0.2, 0.25) is 0 Å². The van der Waals surface area contributed by atoms with Crippen molar-refractivity contribution in [1.82, 2.24) is 14.3 Å². The molecule has 0 radical (unpaired) electrons. The summed E-state index contributed by atoms with van der Waals surface area (Å²) >= 11 is 0. The van der Waals surface area contributed by atoms with Gasteiger partial charge in [-0.05, 0) is 45.1 Å². The Morgan fingerprint density at radius 2 is 1.95 bits per heavy atom. The normalized spacial score (nSPS) is 19.2. The second kappa shape index (κ2) is 8.32. The maximum absolute atomic E-state index is 12.1. The Hall–Kier alpha value is -0.170. The molecular weight excluding hydrogens is 274 g/mol. The maximum atomic E-state index is 12.1. The highest BCUT2D eigenvalue weighted by Gasteiger charge is 2.22. The van der Waals surface area contributed by atoms with E-state index >= 15 is 0 Å². The van der Waals surface area contributed by atoms with E-state index < -0.39 is 10.2 Å². The van der Waals surface area contributed by atoms with Crippen LogP contribution in [-0.4, -0.2) is 44.9 Å². The number of hydrogen-bond acceptors (Lipinski definition) is 3. The van der Waals surface area contributed by atoms with Crippen molar-refractivity contribution in [3.63, 3.8) is 0 Å². The van der Waals surface area contributed by atoms with Crippen LogP contribution in [-0.2, 0) is 10.2 Å². The van der Waals surface area contributed by atoms with Gasteiger partial charge in [0.05, 0.1) is 0 Å². The summed E-state index contributed by atoms with van der Waals surface area (Å²) in [7, 11) is -1.69. The molecule has 0 aliphatic heterocycles. The van der Waals surface area contributed by atoms with Gasteiger partial charge in [-0.3, -0.25) is 0 Å². The van der Waals surface area contributed by atoms with Crippen molar-refractivity contribution in [2.75, 3.05) is 20.1 Å². The molecule has 5 nitrogen and oxygen atoms in total. The van der Waals surface area contributed by atoms with Crippen LogP contribution in [0.3, 0.4) is 0 Å². The van der Waals surface area contributed by atoms with E-state index in [-0.39, 0.29) is 6.04 Å². The molecule has 20 heavy (non-hydrogen) atoms. The second-order valence-corrected chi connectivity index (χ2v) is 7.99. The van der Waals surface area contributed by atoms with Crippen LogP contribution in [0.15, 0.2) is 0 Å². The third-order valence-corrected chi connectivity index (χ3v) is 5.58. The molecule has 0 aromatic rings. The summed E-state index contributed by atoms with van der Waals surface area (Å²) in [5.74, 6) is 0.542. The Morgan fingerprint density at radius 1 is 1.30 bits per heavy atom. The third-order valence-electron chi connectivity index (χ3n) is 3.87. The minimum absolute atomic E-state index is 0.0120. The molecular formula is C14H31N3O2S. The highest BCUT2D eigenvalue weighted by molar-refractivity contribution is 7.87. The highest BCUT2D eigenvalue weighted by atomic mass is 32.2. The Bertz CT molecular complexity index is 369. The number of nitrogens with one attached hydrogen (secondary N) is 2. The Balaban J connectivity index is 2.25. The van der Waals surface area contributed by atoms with Gasteiger partial charge in [0, 0.05) is 25.7 Å². The Morgan fingerprint density at radius 3 is 2.50 bits per heavy atom. The molecule has 2 atom stereocenters. The van der Waals surface area contributed by atoms with Crippen molar-refractivity contribution in [3.8, 4) is 0 Å². The standard InChI is InChI=1S/C14H31N3O2S/c1-5-12(2)11-13(3)16-20(18,19)17(4)10-6-9-15-14-7-8-14/h12-16H,5-11H2,1-4H3. The summed E-state index contributed by atoms with van der Waals surface area (Å²) in [6.45, 7) is 7.67. The fourth-order valence-corrected chi connectivity index (χ4v) is 3.33. The lowest BCUT2D eigenvalue weighted by atomic mass is 10.0. The van der Waals surface area contributed by atoms with Gasteiger partial charge in [-0.25, -0.2) is 0 Å². The predicted octanol–water partition coefficient (Wildman–Crippen LogP) is 1.72. The monoisotopic (exact) mass is 305 g/mol. The van der Waals surface area contributed by atoms with Crippen LogP contribution in [0.25, 0.3) is 0 Å². The Labute approximate surface area is 124 Å². The van der Waals surface area contributed by atoms with E-state index in [1.54, 1.807) is 7.05 Å². The van der Waals surface area contributed by atoms with E-state index in [2.05, 4.69) is 23.9 Å². The van der Waals surface area contributed by atoms with Crippen LogP contribution in [0, 0.1) is 5.92 Å². The van der Waals surface area contributed by atoms with Crippen molar-refractivity contribution >= 4 is 10.2 Å². The SMILES string of the molecule is CCC(C)CC(C)NS(=O)(=O)N(C)CCCNC1CC1. The fourth-order valence-electron chi connectivity index (χ4n) is 2.18. The lowest BCUT2D eigenvalue weighted by Crippen LogP contribution is -2.43. The predicted molar refractivity (Wildman–Crippen MR) is 83.9 cm³/mol. The maximum Gasteiger partial charge on any atom is 0.279 e. The first kappa shape index (κ1) is 17.9. The molecule has 0 spiro atoms. The fraction of sp³-hybridized carbons (Fsp3) is 1.00. The van der Waals surface area contributed by atoms with Gasteiger partial charge < -0.3 is 5.32 Å². The van der Waals surface area contributed by atoms with Gasteiger partial charge in [-0.1, -0.05) is 20.3 Å². The third kappa shape index (κ3) is 7.02. The first-order chi connectivity index (χ1) is 9.35. The molecule has 1 saturated carbocycles. The molecule has 1 fully saturated rings. The summed E-state index contributed by atoms with van der Waals surface area (Å²) in [6.07, 6.45) is 5.35. The molecule has 0 amide bonds. The zero-order valence-electron chi connectivity index (χ0n) is 13.4. The van der Waals surface area contributed by atoms with Gasteiger partial charge in [-0.15, -0.1) is 0 Å². The Kier molecular flexibility index (Phi) is 7.43. The van der Waals surface area contributed by atoms with E-state index in [1.165, 1.54) is 17.1 Å². The zero-order chi connectivity index (χ0) is 15.2. The van der Waals surface area contributed by atoms with Crippen LogP contribution in [0.1, 0.15) is 52.9 Å². The largest absolute Gasteiger partial charge is 0.314 e. The van der Waals surface area contributed by atoms with E-state index in [0.717, 1.165) is 25.8 Å². The summed E-state index contributed by atoms with van der Waals surface area (Å²) in [5, 5.41) is 3.40. The molecule has 0 aromatic heterocycles. The number of nitrogens with zero attached hydrogens (tertiary/aromatic N) is 1. The minimum atomic E-state index is -3.34. The highest BCUT2D eigenvalue weighted by Crippen LogP contribution is 2.18. The number of rotatable bonds is 11. The molecule has 0 saturated heterocycles. The van der Waals surface area contributed by atoms with Gasteiger partial charge in [-0.2, -0.15) is 17.4 Å². The van der Waals surface area contributed by atoms with Crippen LogP contribution in [0.2, 0.25) is 0 Å². The van der Waals surface area contributed by atoms with Crippen molar-refractivity contribution < 1.29 is 8.42 Å². The molecule has 1 aliphatic rings. The molecule has 120 valence electrons. The van der Waals surface area contributed by atoms with Gasteiger partial charge in [0.15, 0.2) is 0 Å². The number of hydrogen-bond donors (Lipinski definition) is 2. The van der Waals surface area contributed by atoms with E-state index in [1.807, 2.05) is 6.92 Å². The lowest BCUT2D eigenvalue weighted by molar-refractivity contribution is 0.412. The second-order valence-electron chi connectivity index (χ2n) is 6.18. The zero-order valence-corrected chi connectivity index (χ0v) is 14.2. The quantitative estimate of drug-likeness (QED) is 0.571. The summed E-state index contributed by atoms with van der Waals surface area (Å²) in [6, 6.07) is 0.674. The lowest BCUT2D eigenvalue weighted by Gasteiger charge is -2.22. The molecule has 6 heteroatoms. The molecule has 0 heterocycles. The van der Waals surface area contributed by atoms with Crippen molar-refractivity contribution in [2.24, 2.45) is 5.92 Å². The molecule has 2 N–H and O–H groups in total. The molecule has 1 rings (SSSR count). The van der Waals surface area contributed by atoms with Crippen molar-refractivity contribution in [2.45, 2.75) is 65.0 Å². The smallest absolute Gasteiger partial charge is 0.279 e. The molecule has 2 unspecified atom stereocenters. The van der Waals surface area contributed by atoms with Crippen molar-refractivity contribution in [1.29, 1.82) is 0 Å². The first-order valence-corrected chi connectivity index (χ1v) is 9.26. The van der Waals surface area contributed by atoms with E-state index in [4.69, 9.17) is 0 Å². The van der Waals surface area contributed by atoms with Crippen LogP contribution < -0.4 is 10.0 Å². The average molecular weight is 305 g/mol. The summed E-state index contributed by atoms with van der Waals surface area (Å²) in [5.41, 5.74) is 0. The molecule has 0 aromatic carbocycles. The van der Waals surface area contributed by atoms with E-state index in [0.29, 0.717) is 18.5 Å². The van der Waals surface area contributed by atoms with Gasteiger partial charge in [0.25, 0.3) is 10.2 Å². The van der Waals surface area contributed by atoms with E-state index in [9.17, 15) is 8.42 Å². The average Bonchev–Trinajstić information content (AvgIpc) is 3.17. The summed E-state index contributed by atoms with van der Waals surface area (Å²) < 4.78 is 28.5. The van der Waals surface area contributed by atoms with Crippen molar-refractivity contribution in [3.05, 3.63) is 0 Å². The van der Waals surface area contributed by atoms with Crippen LogP contribution in [0.5, 0.6) is 0 Å². The minimum Gasteiger partial charge on any atom is -0.314 e. The summed E-state index contributed by atoms with van der Waals surface area (Å²) in [4.78, 5) is 0. The van der Waals surface area contributed by atoms with Crippen LogP contribution >= 0.6 is 0 Å². The molecule has 1 aliphatic carbocycles.